The van der Waals surface area contributed by atoms with E-state index in [9.17, 15) is 0 Å². The van der Waals surface area contributed by atoms with Gasteiger partial charge in [-0.2, -0.15) is 0 Å². The zero-order valence-electron chi connectivity index (χ0n) is 37.5. The maximum Gasteiger partial charge on any atom is 0.0465 e. The summed E-state index contributed by atoms with van der Waals surface area (Å²) in [6.45, 7) is 4.81. The van der Waals surface area contributed by atoms with Crippen LogP contribution in [0.2, 0.25) is 0 Å². The van der Waals surface area contributed by atoms with Crippen molar-refractivity contribution >= 4 is 34.1 Å². The van der Waals surface area contributed by atoms with Crippen LogP contribution in [0.25, 0.3) is 11.1 Å². The average Bonchev–Trinajstić information content (AvgIpc) is 4.04. The van der Waals surface area contributed by atoms with Crippen molar-refractivity contribution in [2.24, 2.45) is 35.5 Å². The summed E-state index contributed by atoms with van der Waals surface area (Å²) in [5.74, 6) is 5.64. The van der Waals surface area contributed by atoms with Crippen LogP contribution < -0.4 is 9.80 Å². The molecule has 7 aliphatic rings. The van der Waals surface area contributed by atoms with E-state index in [1.807, 2.05) is 0 Å². The lowest BCUT2D eigenvalue weighted by atomic mass is 9.42. The highest BCUT2D eigenvalue weighted by atomic mass is 15.1. The second kappa shape index (κ2) is 14.8. The molecule has 0 N–H and O–H groups in total. The van der Waals surface area contributed by atoms with E-state index in [4.69, 9.17) is 0 Å². The summed E-state index contributed by atoms with van der Waals surface area (Å²) in [6.07, 6.45) is 12.5. The molecule has 3 atom stereocenters. The number of rotatable bonds is 9. The molecule has 6 fully saturated rings. The van der Waals surface area contributed by atoms with Gasteiger partial charge < -0.3 is 9.80 Å². The minimum atomic E-state index is -0.0657. The summed E-state index contributed by atoms with van der Waals surface area (Å²) in [7, 11) is 0. The van der Waals surface area contributed by atoms with Crippen LogP contribution in [0.3, 0.4) is 0 Å². The summed E-state index contributed by atoms with van der Waals surface area (Å²) in [4.78, 5) is 4.95. The molecule has 318 valence electrons. The van der Waals surface area contributed by atoms with E-state index >= 15 is 0 Å². The maximum absolute atomic E-state index is 2.55. The van der Waals surface area contributed by atoms with Gasteiger partial charge in [0.05, 0.1) is 0 Å². The van der Waals surface area contributed by atoms with Gasteiger partial charge in [-0.05, 0) is 205 Å². The third-order valence-electron chi connectivity index (χ3n) is 17.8. The van der Waals surface area contributed by atoms with Crippen molar-refractivity contribution in [1.29, 1.82) is 0 Å². The molecule has 64 heavy (non-hydrogen) atoms. The Kier molecular flexibility index (Phi) is 8.95. The number of anilines is 6. The molecule has 0 aliphatic heterocycles. The molecular formula is C62H60N2. The standard InChI is InChI=1S/C62H60N2/c1-61(2)59-16-10-9-15-56(59)57-32-31-55(40-60(57)61)64(52-25-19-44(20-26-52)58-39-41-17-18-45(58)34-41)54-29-23-47(24-30-54)62(48-35-42-33-43(37-48)38-49(62)36-42)46-21-27-53(28-22-46)63(50-11-5-3-6-12-50)51-13-7-4-8-14-51/h3-16,19-32,40-43,45,48-49,58H,17-18,33-39H2,1-2H3. The van der Waals surface area contributed by atoms with Crippen LogP contribution >= 0.6 is 0 Å². The van der Waals surface area contributed by atoms with Gasteiger partial charge >= 0.3 is 0 Å². The molecule has 2 heteroatoms. The van der Waals surface area contributed by atoms with Crippen molar-refractivity contribution in [1.82, 2.24) is 0 Å². The molecule has 7 aromatic carbocycles. The third-order valence-corrected chi connectivity index (χ3v) is 17.8. The molecule has 3 unspecified atom stereocenters. The van der Waals surface area contributed by atoms with Crippen molar-refractivity contribution in [2.75, 3.05) is 9.80 Å². The quantitative estimate of drug-likeness (QED) is 0.143. The van der Waals surface area contributed by atoms with E-state index in [0.29, 0.717) is 11.8 Å². The fraction of sp³-hybridized carbons (Fsp3) is 0.323. The van der Waals surface area contributed by atoms with Crippen LogP contribution in [0.15, 0.2) is 176 Å². The number of hydrogen-bond acceptors (Lipinski definition) is 2. The SMILES string of the molecule is CC1(C)c2ccccc2-c2ccc(N(c3ccc(C4CC5CCC4C5)cc3)c3ccc(C4(c5ccc(N(c6ccccc6)c6ccccc6)cc5)C5CC6CC(C5)CC4C6)cc3)cc21. The van der Waals surface area contributed by atoms with Crippen LogP contribution in [-0.2, 0) is 10.8 Å². The Morgan fingerprint density at radius 1 is 0.391 bits per heavy atom. The van der Waals surface area contributed by atoms with Gasteiger partial charge in [-0.25, -0.2) is 0 Å². The fourth-order valence-electron chi connectivity index (χ4n) is 15.2. The Morgan fingerprint density at radius 3 is 1.42 bits per heavy atom. The lowest BCUT2D eigenvalue weighted by Gasteiger charge is -2.62. The van der Waals surface area contributed by atoms with Crippen molar-refractivity contribution in [2.45, 2.75) is 88.4 Å². The number of para-hydroxylation sites is 2. The maximum atomic E-state index is 2.55. The first-order valence-corrected chi connectivity index (χ1v) is 24.7. The van der Waals surface area contributed by atoms with Crippen LogP contribution in [0.5, 0.6) is 0 Å². The minimum absolute atomic E-state index is 0.00528. The van der Waals surface area contributed by atoms with E-state index in [-0.39, 0.29) is 10.8 Å². The summed E-state index contributed by atoms with van der Waals surface area (Å²) >= 11 is 0. The van der Waals surface area contributed by atoms with Crippen molar-refractivity contribution in [3.8, 4) is 11.1 Å². The van der Waals surface area contributed by atoms with Crippen LogP contribution in [-0.4, -0.2) is 0 Å². The van der Waals surface area contributed by atoms with E-state index in [2.05, 4.69) is 200 Å². The fourth-order valence-corrected chi connectivity index (χ4v) is 15.2. The summed E-state index contributed by atoms with van der Waals surface area (Å²) < 4.78 is 0. The molecule has 0 spiro atoms. The number of nitrogens with zero attached hydrogens (tertiary/aromatic N) is 2. The molecule has 0 heterocycles. The highest BCUT2D eigenvalue weighted by Gasteiger charge is 2.58. The van der Waals surface area contributed by atoms with Gasteiger partial charge in [0, 0.05) is 45.0 Å². The van der Waals surface area contributed by atoms with E-state index < -0.39 is 0 Å². The molecule has 0 saturated heterocycles. The summed E-state index contributed by atoms with van der Waals surface area (Å²) in [5, 5.41) is 0. The molecule has 7 aliphatic carbocycles. The van der Waals surface area contributed by atoms with Crippen molar-refractivity contribution in [3.63, 3.8) is 0 Å². The first-order valence-electron chi connectivity index (χ1n) is 24.7. The van der Waals surface area contributed by atoms with E-state index in [1.165, 1.54) is 125 Å². The molecule has 0 aromatic heterocycles. The minimum Gasteiger partial charge on any atom is -0.311 e. The highest BCUT2D eigenvalue weighted by molar-refractivity contribution is 5.86. The normalized spacial score (nSPS) is 27.6. The molecule has 14 rings (SSSR count). The Morgan fingerprint density at radius 2 is 0.875 bits per heavy atom. The third kappa shape index (κ3) is 5.97. The molecule has 6 saturated carbocycles. The summed E-state index contributed by atoms with van der Waals surface area (Å²) in [6, 6.07) is 67.7. The largest absolute Gasteiger partial charge is 0.311 e. The molecule has 6 bridgehead atoms. The molecule has 0 radical (unpaired) electrons. The zero-order chi connectivity index (χ0) is 42.6. The Balaban J connectivity index is 0.906. The first kappa shape index (κ1) is 38.6. The van der Waals surface area contributed by atoms with E-state index in [0.717, 1.165) is 29.6 Å². The van der Waals surface area contributed by atoms with Crippen LogP contribution in [0.4, 0.5) is 34.1 Å². The smallest absolute Gasteiger partial charge is 0.0465 e. The first-order chi connectivity index (χ1) is 31.4. The highest BCUT2D eigenvalue weighted by Crippen LogP contribution is 2.65. The van der Waals surface area contributed by atoms with Gasteiger partial charge in [0.1, 0.15) is 0 Å². The lowest BCUT2D eigenvalue weighted by molar-refractivity contribution is -0.0418. The van der Waals surface area contributed by atoms with Gasteiger partial charge in [0.2, 0.25) is 0 Å². The predicted molar refractivity (Wildman–Crippen MR) is 266 cm³/mol. The summed E-state index contributed by atoms with van der Waals surface area (Å²) in [5.41, 5.74) is 17.4. The van der Waals surface area contributed by atoms with Gasteiger partial charge in [0.15, 0.2) is 0 Å². The number of fused-ring (bicyclic) bond motifs is 5. The number of hydrogen-bond donors (Lipinski definition) is 0. The molecular weight excluding hydrogens is 773 g/mol. The predicted octanol–water partition coefficient (Wildman–Crippen LogP) is 16.6. The van der Waals surface area contributed by atoms with Crippen LogP contribution in [0, 0.1) is 35.5 Å². The van der Waals surface area contributed by atoms with Gasteiger partial charge in [-0.1, -0.05) is 123 Å². The molecule has 7 aromatic rings. The van der Waals surface area contributed by atoms with Gasteiger partial charge in [-0.3, -0.25) is 0 Å². The Bertz CT molecular complexity index is 2750. The van der Waals surface area contributed by atoms with Crippen molar-refractivity contribution < 1.29 is 0 Å². The van der Waals surface area contributed by atoms with Crippen molar-refractivity contribution in [3.05, 3.63) is 204 Å². The van der Waals surface area contributed by atoms with Gasteiger partial charge in [-0.15, -0.1) is 0 Å². The average molecular weight is 833 g/mol. The number of benzene rings is 7. The second-order valence-corrected chi connectivity index (χ2v) is 21.4. The Labute approximate surface area is 381 Å². The lowest BCUT2D eigenvalue weighted by Crippen LogP contribution is -2.56. The monoisotopic (exact) mass is 832 g/mol. The zero-order valence-corrected chi connectivity index (χ0v) is 37.5. The van der Waals surface area contributed by atoms with Crippen LogP contribution in [0.1, 0.15) is 105 Å². The Hall–Kier alpha value is -5.86. The molecule has 2 nitrogen and oxygen atoms in total. The van der Waals surface area contributed by atoms with Gasteiger partial charge in [0.25, 0.3) is 0 Å². The van der Waals surface area contributed by atoms with E-state index in [1.54, 1.807) is 5.56 Å². The molecule has 0 amide bonds. The topological polar surface area (TPSA) is 6.48 Å². The second-order valence-electron chi connectivity index (χ2n) is 21.4.